The zero-order valence-corrected chi connectivity index (χ0v) is 36.2. The van der Waals surface area contributed by atoms with E-state index in [0.717, 1.165) is 131 Å². The van der Waals surface area contributed by atoms with Crippen molar-refractivity contribution in [2.75, 3.05) is 53.5 Å². The van der Waals surface area contributed by atoms with Crippen LogP contribution in [0.3, 0.4) is 0 Å². The number of rotatable bonds is 24. The number of hydrogen-bond donors (Lipinski definition) is 2. The SMILES string of the molecule is CCN(CCCCCCNC1=CC(=O)C(NCCCCCCN(CC)Cc2cc(Br)cc(Br)c2OC)=CC1=O)Cc1cc(Br)cc(Br)c1OC. The average Bonchev–Trinajstić information content (AvgIpc) is 3.07. The first-order valence-corrected chi connectivity index (χ1v) is 20.8. The maximum atomic E-state index is 12.7. The van der Waals surface area contributed by atoms with Gasteiger partial charge in [-0.3, -0.25) is 19.4 Å². The van der Waals surface area contributed by atoms with Gasteiger partial charge in [0.15, 0.2) is 0 Å². The molecule has 0 saturated heterocycles. The Morgan fingerprint density at radius 1 is 0.580 bits per heavy atom. The van der Waals surface area contributed by atoms with Gasteiger partial charge in [-0.15, -0.1) is 0 Å². The monoisotopic (exact) mass is 944 g/mol. The van der Waals surface area contributed by atoms with Gasteiger partial charge < -0.3 is 20.1 Å². The Morgan fingerprint density at radius 2 is 0.960 bits per heavy atom. The molecular formula is C38H52Br4N4O4. The summed E-state index contributed by atoms with van der Waals surface area (Å²) < 4.78 is 15.2. The highest BCUT2D eigenvalue weighted by Crippen LogP contribution is 2.34. The maximum absolute atomic E-state index is 12.7. The van der Waals surface area contributed by atoms with Crippen LogP contribution in [0.15, 0.2) is 65.7 Å². The third-order valence-corrected chi connectivity index (χ3v) is 10.9. The van der Waals surface area contributed by atoms with E-state index in [4.69, 9.17) is 9.47 Å². The number of nitrogens with zero attached hydrogens (tertiary/aromatic N) is 2. The summed E-state index contributed by atoms with van der Waals surface area (Å²) in [6.07, 6.45) is 11.3. The molecule has 8 nitrogen and oxygen atoms in total. The van der Waals surface area contributed by atoms with Crippen LogP contribution in [-0.4, -0.2) is 74.9 Å². The number of nitrogens with one attached hydrogen (secondary N) is 2. The van der Waals surface area contributed by atoms with Crippen molar-refractivity contribution in [2.24, 2.45) is 0 Å². The Bertz CT molecular complexity index is 1370. The van der Waals surface area contributed by atoms with Gasteiger partial charge in [-0.2, -0.15) is 0 Å². The predicted molar refractivity (Wildman–Crippen MR) is 218 cm³/mol. The molecule has 1 aliphatic carbocycles. The number of ketones is 2. The molecule has 0 aromatic heterocycles. The number of carbonyl (C=O) groups excluding carboxylic acids is 2. The number of hydrogen-bond acceptors (Lipinski definition) is 8. The zero-order chi connectivity index (χ0) is 36.5. The summed E-state index contributed by atoms with van der Waals surface area (Å²) in [6, 6.07) is 8.24. The highest BCUT2D eigenvalue weighted by Gasteiger charge is 2.20. The van der Waals surface area contributed by atoms with Crippen LogP contribution in [0.25, 0.3) is 0 Å². The summed E-state index contributed by atoms with van der Waals surface area (Å²) in [5, 5.41) is 6.38. The van der Waals surface area contributed by atoms with E-state index in [1.807, 2.05) is 12.1 Å². The van der Waals surface area contributed by atoms with Crippen LogP contribution < -0.4 is 20.1 Å². The first-order valence-electron chi connectivity index (χ1n) is 17.6. The predicted octanol–water partition coefficient (Wildman–Crippen LogP) is 9.32. The lowest BCUT2D eigenvalue weighted by Crippen LogP contribution is -2.30. The minimum atomic E-state index is -0.144. The summed E-state index contributed by atoms with van der Waals surface area (Å²) in [5.41, 5.74) is 3.09. The van der Waals surface area contributed by atoms with E-state index in [1.165, 1.54) is 12.2 Å². The molecular weight excluding hydrogens is 896 g/mol. The fourth-order valence-electron chi connectivity index (χ4n) is 6.01. The third-order valence-electron chi connectivity index (χ3n) is 8.78. The Balaban J connectivity index is 1.27. The molecule has 0 bridgehead atoms. The molecule has 0 atom stereocenters. The van der Waals surface area contributed by atoms with Crippen molar-refractivity contribution in [2.45, 2.75) is 78.3 Å². The Hall–Kier alpha value is -1.70. The van der Waals surface area contributed by atoms with E-state index in [9.17, 15) is 9.59 Å². The van der Waals surface area contributed by atoms with Crippen molar-refractivity contribution in [3.8, 4) is 11.5 Å². The van der Waals surface area contributed by atoms with E-state index >= 15 is 0 Å². The number of benzene rings is 2. The second kappa shape index (κ2) is 23.1. The molecule has 1 aliphatic rings. The van der Waals surface area contributed by atoms with Crippen LogP contribution in [-0.2, 0) is 22.7 Å². The van der Waals surface area contributed by atoms with Crippen LogP contribution >= 0.6 is 63.7 Å². The van der Waals surface area contributed by atoms with E-state index in [-0.39, 0.29) is 11.6 Å². The molecule has 0 amide bonds. The summed E-state index contributed by atoms with van der Waals surface area (Å²) in [5.74, 6) is 1.47. The Kier molecular flexibility index (Phi) is 19.7. The second-order valence-electron chi connectivity index (χ2n) is 12.4. The third kappa shape index (κ3) is 14.0. The highest BCUT2D eigenvalue weighted by molar-refractivity contribution is 9.11. The summed E-state index contributed by atoms with van der Waals surface area (Å²) in [7, 11) is 3.41. The number of carbonyl (C=O) groups is 2. The number of unbranched alkanes of at least 4 members (excludes halogenated alkanes) is 6. The van der Waals surface area contributed by atoms with Gasteiger partial charge in [0.05, 0.1) is 34.6 Å². The Morgan fingerprint density at radius 3 is 1.32 bits per heavy atom. The van der Waals surface area contributed by atoms with Crippen LogP contribution in [0, 0.1) is 0 Å². The molecule has 0 radical (unpaired) electrons. The van der Waals surface area contributed by atoms with Crippen LogP contribution in [0.1, 0.15) is 76.3 Å². The van der Waals surface area contributed by atoms with E-state index in [2.05, 4.69) is 110 Å². The number of allylic oxidation sites excluding steroid dienone is 2. The highest BCUT2D eigenvalue weighted by atomic mass is 79.9. The average molecular weight is 948 g/mol. The maximum Gasteiger partial charge on any atom is 0.203 e. The molecule has 50 heavy (non-hydrogen) atoms. The first kappa shape index (κ1) is 42.7. The van der Waals surface area contributed by atoms with Gasteiger partial charge in [-0.25, -0.2) is 0 Å². The minimum Gasteiger partial charge on any atom is -0.495 e. The molecule has 0 saturated carbocycles. The molecule has 0 aliphatic heterocycles. The van der Waals surface area contributed by atoms with Gasteiger partial charge in [0, 0.05) is 58.4 Å². The van der Waals surface area contributed by atoms with Gasteiger partial charge in [0.2, 0.25) is 11.6 Å². The van der Waals surface area contributed by atoms with Crippen molar-refractivity contribution in [1.82, 2.24) is 20.4 Å². The van der Waals surface area contributed by atoms with Gasteiger partial charge >= 0.3 is 0 Å². The van der Waals surface area contributed by atoms with Crippen molar-refractivity contribution in [1.29, 1.82) is 0 Å². The standard InChI is InChI=1S/C38H52Br4N4O4/c1-5-45(25-27-19-29(39)21-31(41)37(27)49-3)17-13-9-7-11-15-43-33-23-36(48)34(24-35(33)47)44-16-12-8-10-14-18-46(6-2)26-28-20-30(40)22-32(42)38(28)50-4/h19-24,43-44H,5-18,25-26H2,1-4H3. The molecule has 0 spiro atoms. The summed E-state index contributed by atoms with van der Waals surface area (Å²) in [4.78, 5) is 30.3. The lowest BCUT2D eigenvalue weighted by molar-refractivity contribution is -0.115. The normalized spacial score (nSPS) is 13.2. The number of ether oxygens (including phenoxy) is 2. The molecule has 0 heterocycles. The molecule has 0 unspecified atom stereocenters. The van der Waals surface area contributed by atoms with Gasteiger partial charge in [-0.1, -0.05) is 71.4 Å². The first-order chi connectivity index (χ1) is 24.1. The van der Waals surface area contributed by atoms with Gasteiger partial charge in [-0.05, 0) is 108 Å². The molecule has 3 rings (SSSR count). The van der Waals surface area contributed by atoms with Crippen LogP contribution in [0.2, 0.25) is 0 Å². The van der Waals surface area contributed by atoms with Crippen molar-refractivity contribution >= 4 is 75.3 Å². The second-order valence-corrected chi connectivity index (χ2v) is 16.0. The van der Waals surface area contributed by atoms with Crippen LogP contribution in [0.5, 0.6) is 11.5 Å². The van der Waals surface area contributed by atoms with E-state index < -0.39 is 0 Å². The smallest absolute Gasteiger partial charge is 0.203 e. The largest absolute Gasteiger partial charge is 0.495 e. The molecule has 2 aromatic carbocycles. The molecule has 2 aromatic rings. The topological polar surface area (TPSA) is 83.1 Å². The van der Waals surface area contributed by atoms with Crippen LogP contribution in [0.4, 0.5) is 0 Å². The van der Waals surface area contributed by atoms with Crippen molar-refractivity contribution in [3.63, 3.8) is 0 Å². The fraction of sp³-hybridized carbons (Fsp3) is 0.526. The van der Waals surface area contributed by atoms with Gasteiger partial charge in [0.1, 0.15) is 11.5 Å². The Labute approximate surface area is 332 Å². The van der Waals surface area contributed by atoms with Gasteiger partial charge in [0.25, 0.3) is 0 Å². The van der Waals surface area contributed by atoms with Crippen molar-refractivity contribution < 1.29 is 19.1 Å². The minimum absolute atomic E-state index is 0.144. The summed E-state index contributed by atoms with van der Waals surface area (Å²) >= 11 is 14.4. The molecule has 276 valence electrons. The van der Waals surface area contributed by atoms with E-state index in [0.29, 0.717) is 24.5 Å². The lowest BCUT2D eigenvalue weighted by atomic mass is 10.1. The number of halogens is 4. The molecule has 2 N–H and O–H groups in total. The molecule has 0 fully saturated rings. The quantitative estimate of drug-likeness (QED) is 0.0797. The fourth-order valence-corrected chi connectivity index (χ4v) is 8.96. The lowest BCUT2D eigenvalue weighted by Gasteiger charge is -2.22. The van der Waals surface area contributed by atoms with E-state index in [1.54, 1.807) is 14.2 Å². The zero-order valence-electron chi connectivity index (χ0n) is 29.8. The van der Waals surface area contributed by atoms with Crippen molar-refractivity contribution in [3.05, 3.63) is 76.8 Å². The summed E-state index contributed by atoms with van der Waals surface area (Å²) in [6.45, 7) is 11.3. The molecule has 12 heteroatoms. The number of methoxy groups -OCH3 is 2.